The monoisotopic (exact) mass is 342 g/mol. The van der Waals surface area contributed by atoms with Gasteiger partial charge in [-0.2, -0.15) is 5.10 Å². The summed E-state index contributed by atoms with van der Waals surface area (Å²) in [5.41, 5.74) is 1.90. The highest BCUT2D eigenvalue weighted by molar-refractivity contribution is 5.94. The van der Waals surface area contributed by atoms with Crippen LogP contribution in [0.4, 0.5) is 0 Å². The minimum atomic E-state index is 0.110. The quantitative estimate of drug-likeness (QED) is 0.880. The number of hydrogen-bond acceptors (Lipinski definition) is 5. The molecule has 1 saturated heterocycles. The average molecular weight is 342 g/mol. The lowest BCUT2D eigenvalue weighted by atomic mass is 10.1. The molecule has 0 spiro atoms. The first-order valence-electron chi connectivity index (χ1n) is 8.68. The van der Waals surface area contributed by atoms with Crippen molar-refractivity contribution in [3.8, 4) is 0 Å². The number of aryl methyl sites for hydroxylation is 1. The van der Waals surface area contributed by atoms with Crippen molar-refractivity contribution in [2.75, 3.05) is 33.2 Å². The van der Waals surface area contributed by atoms with E-state index in [1.54, 1.807) is 11.0 Å². The van der Waals surface area contributed by atoms with Gasteiger partial charge in [0.15, 0.2) is 0 Å². The number of benzene rings is 1. The van der Waals surface area contributed by atoms with E-state index >= 15 is 0 Å². The van der Waals surface area contributed by atoms with Crippen molar-refractivity contribution in [1.29, 1.82) is 0 Å². The zero-order valence-electron chi connectivity index (χ0n) is 15.1. The predicted octanol–water partition coefficient (Wildman–Crippen LogP) is 1.05. The molecule has 134 valence electrons. The molecule has 0 bridgehead atoms. The van der Waals surface area contributed by atoms with Crippen molar-refractivity contribution in [2.24, 2.45) is 7.05 Å². The lowest BCUT2D eigenvalue weighted by molar-refractivity contribution is 0.0664. The van der Waals surface area contributed by atoms with Crippen LogP contribution in [0.5, 0.6) is 0 Å². The molecule has 1 aliphatic heterocycles. The molecule has 0 saturated carbocycles. The lowest BCUT2D eigenvalue weighted by Gasteiger charge is -2.32. The summed E-state index contributed by atoms with van der Waals surface area (Å²) < 4.78 is 1.77. The summed E-state index contributed by atoms with van der Waals surface area (Å²) in [4.78, 5) is 21.0. The second-order valence-electron chi connectivity index (χ2n) is 6.64. The van der Waals surface area contributed by atoms with Crippen molar-refractivity contribution >= 4 is 5.91 Å². The summed E-state index contributed by atoms with van der Waals surface area (Å²) in [5.74, 6) is 1.03. The van der Waals surface area contributed by atoms with E-state index in [9.17, 15) is 4.79 Å². The summed E-state index contributed by atoms with van der Waals surface area (Å²) in [6, 6.07) is 7.98. The number of likely N-dealkylation sites (N-methyl/N-ethyl adjacent to an activating group) is 1. The second kappa shape index (κ2) is 7.76. The number of carbonyl (C=O) groups is 1. The number of carbonyl (C=O) groups excluding carboxylic acids is 1. The molecule has 1 aromatic carbocycles. The van der Waals surface area contributed by atoms with Gasteiger partial charge in [0.05, 0.1) is 6.04 Å². The van der Waals surface area contributed by atoms with Crippen LogP contribution in [0, 0.1) is 0 Å². The second-order valence-corrected chi connectivity index (χ2v) is 6.64. The van der Waals surface area contributed by atoms with E-state index in [-0.39, 0.29) is 11.9 Å². The van der Waals surface area contributed by atoms with E-state index in [1.807, 2.05) is 36.2 Å². The van der Waals surface area contributed by atoms with Crippen LogP contribution in [0.15, 0.2) is 30.6 Å². The maximum atomic E-state index is 12.6. The smallest absolute Gasteiger partial charge is 0.253 e. The van der Waals surface area contributed by atoms with Crippen LogP contribution >= 0.6 is 0 Å². The van der Waals surface area contributed by atoms with Gasteiger partial charge in [0.1, 0.15) is 12.2 Å². The Morgan fingerprint density at radius 2 is 1.84 bits per heavy atom. The number of amides is 1. The highest BCUT2D eigenvalue weighted by Gasteiger charge is 2.20. The molecule has 7 nitrogen and oxygen atoms in total. The Balaban J connectivity index is 1.55. The van der Waals surface area contributed by atoms with Gasteiger partial charge in [0.25, 0.3) is 5.91 Å². The van der Waals surface area contributed by atoms with Gasteiger partial charge in [0, 0.05) is 45.3 Å². The number of nitrogens with one attached hydrogen (secondary N) is 1. The zero-order valence-corrected chi connectivity index (χ0v) is 15.1. The average Bonchev–Trinajstić information content (AvgIpc) is 3.06. The molecule has 3 rings (SSSR count). The number of rotatable bonds is 5. The topological polar surface area (TPSA) is 66.3 Å². The Kier molecular flexibility index (Phi) is 5.45. The SMILES string of the molecule is CC(NCc1ccc(C(=O)N2CCN(C)CC2)cc1)c1ncnn1C. The number of aromatic nitrogens is 3. The maximum Gasteiger partial charge on any atom is 0.253 e. The fourth-order valence-corrected chi connectivity index (χ4v) is 3.02. The van der Waals surface area contributed by atoms with Crippen LogP contribution in [0.25, 0.3) is 0 Å². The first kappa shape index (κ1) is 17.6. The van der Waals surface area contributed by atoms with Gasteiger partial charge in [-0.25, -0.2) is 4.98 Å². The van der Waals surface area contributed by atoms with E-state index < -0.39 is 0 Å². The standard InChI is InChI=1S/C18H26N6O/c1-14(17-20-13-21-23(17)3)19-12-15-4-6-16(7-5-15)18(25)24-10-8-22(2)9-11-24/h4-7,13-14,19H,8-12H2,1-3H3. The normalized spacial score (nSPS) is 16.8. The minimum Gasteiger partial charge on any atom is -0.336 e. The molecule has 7 heteroatoms. The Hall–Kier alpha value is -2.25. The number of piperazine rings is 1. The van der Waals surface area contributed by atoms with Gasteiger partial charge in [-0.15, -0.1) is 0 Å². The summed E-state index contributed by atoms with van der Waals surface area (Å²) >= 11 is 0. The molecule has 1 unspecified atom stereocenters. The molecule has 1 fully saturated rings. The van der Waals surface area contributed by atoms with Crippen LogP contribution in [-0.2, 0) is 13.6 Å². The summed E-state index contributed by atoms with van der Waals surface area (Å²) in [6.45, 7) is 6.26. The number of hydrogen-bond donors (Lipinski definition) is 1. The van der Waals surface area contributed by atoms with Crippen LogP contribution in [0.3, 0.4) is 0 Å². The zero-order chi connectivity index (χ0) is 17.8. The molecule has 1 amide bonds. The molecular formula is C18H26N6O. The Morgan fingerprint density at radius 1 is 1.16 bits per heavy atom. The van der Waals surface area contributed by atoms with Crippen LogP contribution in [0.2, 0.25) is 0 Å². The Labute approximate surface area is 148 Å². The van der Waals surface area contributed by atoms with Crippen LogP contribution in [0.1, 0.15) is 34.7 Å². The predicted molar refractivity (Wildman–Crippen MR) is 96.1 cm³/mol. The highest BCUT2D eigenvalue weighted by Crippen LogP contribution is 2.12. The molecule has 1 atom stereocenters. The third-order valence-corrected chi connectivity index (χ3v) is 4.74. The fourth-order valence-electron chi connectivity index (χ4n) is 3.02. The van der Waals surface area contributed by atoms with E-state index in [0.717, 1.165) is 49.7 Å². The van der Waals surface area contributed by atoms with Gasteiger partial charge in [-0.3, -0.25) is 9.48 Å². The van der Waals surface area contributed by atoms with Gasteiger partial charge in [-0.05, 0) is 31.7 Å². The number of nitrogens with zero attached hydrogens (tertiary/aromatic N) is 5. The minimum absolute atomic E-state index is 0.110. The van der Waals surface area contributed by atoms with Crippen molar-refractivity contribution < 1.29 is 4.79 Å². The first-order chi connectivity index (χ1) is 12.0. The Morgan fingerprint density at radius 3 is 2.44 bits per heavy atom. The highest BCUT2D eigenvalue weighted by atomic mass is 16.2. The van der Waals surface area contributed by atoms with Crippen molar-refractivity contribution in [3.63, 3.8) is 0 Å². The third kappa shape index (κ3) is 4.24. The van der Waals surface area contributed by atoms with E-state index in [0.29, 0.717) is 0 Å². The fraction of sp³-hybridized carbons (Fsp3) is 0.500. The van der Waals surface area contributed by atoms with Crippen LogP contribution in [-0.4, -0.2) is 63.7 Å². The van der Waals surface area contributed by atoms with E-state index in [2.05, 4.69) is 34.3 Å². The van der Waals surface area contributed by atoms with E-state index in [4.69, 9.17) is 0 Å². The molecule has 1 aromatic heterocycles. The third-order valence-electron chi connectivity index (χ3n) is 4.74. The van der Waals surface area contributed by atoms with Gasteiger partial charge in [-0.1, -0.05) is 12.1 Å². The molecular weight excluding hydrogens is 316 g/mol. The van der Waals surface area contributed by atoms with Gasteiger partial charge < -0.3 is 15.1 Å². The molecule has 1 N–H and O–H groups in total. The summed E-state index contributed by atoms with van der Waals surface area (Å²) in [5, 5.41) is 7.53. The first-order valence-corrected chi connectivity index (χ1v) is 8.68. The molecule has 0 radical (unpaired) electrons. The molecule has 1 aliphatic rings. The van der Waals surface area contributed by atoms with Crippen molar-refractivity contribution in [1.82, 2.24) is 29.9 Å². The lowest BCUT2D eigenvalue weighted by Crippen LogP contribution is -2.47. The maximum absolute atomic E-state index is 12.6. The van der Waals surface area contributed by atoms with Crippen molar-refractivity contribution in [3.05, 3.63) is 47.5 Å². The molecule has 25 heavy (non-hydrogen) atoms. The van der Waals surface area contributed by atoms with E-state index in [1.165, 1.54) is 0 Å². The largest absolute Gasteiger partial charge is 0.336 e. The summed E-state index contributed by atoms with van der Waals surface area (Å²) in [6.07, 6.45) is 1.56. The Bertz CT molecular complexity index is 703. The summed E-state index contributed by atoms with van der Waals surface area (Å²) in [7, 11) is 3.98. The van der Waals surface area contributed by atoms with Crippen LogP contribution < -0.4 is 5.32 Å². The van der Waals surface area contributed by atoms with Gasteiger partial charge >= 0.3 is 0 Å². The molecule has 2 heterocycles. The molecule has 0 aliphatic carbocycles. The van der Waals surface area contributed by atoms with Crippen molar-refractivity contribution in [2.45, 2.75) is 19.5 Å². The van der Waals surface area contributed by atoms with Gasteiger partial charge in [0.2, 0.25) is 0 Å². The molecule has 2 aromatic rings.